The Morgan fingerprint density at radius 2 is 2.03 bits per heavy atom. The number of benzene rings is 1. The second-order valence-electron chi connectivity index (χ2n) is 9.12. The first kappa shape index (κ1) is 21.9. The molecule has 1 N–H and O–H groups in total. The number of imidazole rings is 1. The van der Waals surface area contributed by atoms with Crippen LogP contribution in [0.2, 0.25) is 0 Å². The van der Waals surface area contributed by atoms with Crippen LogP contribution in [0.15, 0.2) is 24.3 Å². The lowest BCUT2D eigenvalue weighted by atomic mass is 9.81. The Morgan fingerprint density at radius 1 is 1.29 bits per heavy atom. The number of ether oxygens (including phenoxy) is 1. The van der Waals surface area contributed by atoms with E-state index in [0.29, 0.717) is 12.2 Å². The number of para-hydroxylation sites is 2. The molecule has 0 bridgehead atoms. The number of nitrogens with zero attached hydrogens (tertiary/aromatic N) is 4. The van der Waals surface area contributed by atoms with Crippen LogP contribution < -0.4 is 4.90 Å². The number of rotatable bonds is 3. The maximum absolute atomic E-state index is 10.1. The van der Waals surface area contributed by atoms with Gasteiger partial charge in [0.05, 0.1) is 23.2 Å². The molecule has 2 fully saturated rings. The average molecular weight is 441 g/mol. The van der Waals surface area contributed by atoms with Gasteiger partial charge in [0.1, 0.15) is 11.9 Å². The van der Waals surface area contributed by atoms with Crippen molar-refractivity contribution in [3.05, 3.63) is 41.0 Å². The highest BCUT2D eigenvalue weighted by Crippen LogP contribution is 2.41. The summed E-state index contributed by atoms with van der Waals surface area (Å²) >= 11 is 0. The normalized spacial score (nSPS) is 20.7. The molecule has 164 valence electrons. The van der Waals surface area contributed by atoms with E-state index in [1.807, 2.05) is 18.2 Å². The molecule has 31 heavy (non-hydrogen) atoms. The van der Waals surface area contributed by atoms with Gasteiger partial charge in [0.25, 0.3) is 0 Å². The summed E-state index contributed by atoms with van der Waals surface area (Å²) in [6, 6.07) is 10.6. The van der Waals surface area contributed by atoms with Crippen molar-refractivity contribution in [2.75, 3.05) is 37.8 Å². The molecule has 2 aliphatic rings. The van der Waals surface area contributed by atoms with E-state index in [9.17, 15) is 10.4 Å². The maximum atomic E-state index is 10.1. The molecule has 6 nitrogen and oxygen atoms in total. The van der Waals surface area contributed by atoms with Gasteiger partial charge in [-0.15, -0.1) is 12.4 Å². The van der Waals surface area contributed by atoms with E-state index in [1.165, 1.54) is 0 Å². The summed E-state index contributed by atoms with van der Waals surface area (Å²) in [5.74, 6) is 1.37. The van der Waals surface area contributed by atoms with Gasteiger partial charge < -0.3 is 14.7 Å². The van der Waals surface area contributed by atoms with E-state index in [0.717, 1.165) is 72.6 Å². The van der Waals surface area contributed by atoms with E-state index < -0.39 is 0 Å². The van der Waals surface area contributed by atoms with Gasteiger partial charge in [-0.25, -0.2) is 4.98 Å². The van der Waals surface area contributed by atoms with Gasteiger partial charge in [0.15, 0.2) is 5.65 Å². The van der Waals surface area contributed by atoms with Crippen molar-refractivity contribution in [2.45, 2.75) is 39.0 Å². The minimum absolute atomic E-state index is 0. The van der Waals surface area contributed by atoms with Crippen LogP contribution in [-0.4, -0.2) is 47.4 Å². The molecule has 1 unspecified atom stereocenters. The number of nitriles is 1. The van der Waals surface area contributed by atoms with E-state index in [-0.39, 0.29) is 30.3 Å². The highest BCUT2D eigenvalue weighted by molar-refractivity contribution is 5.86. The lowest BCUT2D eigenvalue weighted by Gasteiger charge is -2.40. The van der Waals surface area contributed by atoms with Crippen LogP contribution in [-0.2, 0) is 4.74 Å². The second-order valence-corrected chi connectivity index (χ2v) is 9.12. The molecule has 0 spiro atoms. The van der Waals surface area contributed by atoms with Gasteiger partial charge in [0.2, 0.25) is 0 Å². The number of aliphatic hydroxyl groups is 1. The smallest absolute Gasteiger partial charge is 0.157 e. The van der Waals surface area contributed by atoms with Gasteiger partial charge >= 0.3 is 0 Å². The monoisotopic (exact) mass is 440 g/mol. The van der Waals surface area contributed by atoms with Gasteiger partial charge in [0, 0.05) is 32.2 Å². The molecule has 2 aliphatic heterocycles. The number of hydrogen-bond donors (Lipinski definition) is 1. The van der Waals surface area contributed by atoms with Crippen molar-refractivity contribution in [1.82, 2.24) is 9.38 Å². The molecule has 0 radical (unpaired) electrons. The molecule has 1 atom stereocenters. The summed E-state index contributed by atoms with van der Waals surface area (Å²) in [5, 5.41) is 20.0. The van der Waals surface area contributed by atoms with Crippen LogP contribution in [0.5, 0.6) is 0 Å². The topological polar surface area (TPSA) is 73.8 Å². The van der Waals surface area contributed by atoms with Crippen LogP contribution in [0.4, 0.5) is 5.82 Å². The van der Waals surface area contributed by atoms with Gasteiger partial charge in [-0.3, -0.25) is 4.40 Å². The zero-order chi connectivity index (χ0) is 20.9. The van der Waals surface area contributed by atoms with E-state index in [1.54, 1.807) is 0 Å². The Morgan fingerprint density at radius 3 is 2.68 bits per heavy atom. The molecule has 7 heteroatoms. The third-order valence-electron chi connectivity index (χ3n) is 7.11. The lowest BCUT2D eigenvalue weighted by Crippen LogP contribution is -2.41. The Hall–Kier alpha value is -2.33. The molecule has 2 saturated heterocycles. The van der Waals surface area contributed by atoms with E-state index >= 15 is 0 Å². The highest BCUT2D eigenvalue weighted by Gasteiger charge is 2.34. The lowest BCUT2D eigenvalue weighted by molar-refractivity contribution is 0.114. The predicted molar refractivity (Wildman–Crippen MR) is 124 cm³/mol. The van der Waals surface area contributed by atoms with E-state index in [4.69, 9.17) is 9.72 Å². The maximum Gasteiger partial charge on any atom is 0.157 e. The van der Waals surface area contributed by atoms with Gasteiger partial charge in [-0.2, -0.15) is 5.26 Å². The number of pyridine rings is 1. The molecular formula is C24H29ClN4O2. The van der Waals surface area contributed by atoms with Gasteiger partial charge in [-0.05, 0) is 54.9 Å². The molecular weight excluding hydrogens is 412 g/mol. The van der Waals surface area contributed by atoms with Crippen LogP contribution in [0.3, 0.4) is 0 Å². The highest BCUT2D eigenvalue weighted by atomic mass is 35.5. The molecule has 0 aliphatic carbocycles. The van der Waals surface area contributed by atoms with Crippen molar-refractivity contribution >= 4 is 34.9 Å². The molecule has 2 aromatic heterocycles. The first-order valence-electron chi connectivity index (χ1n) is 10.8. The summed E-state index contributed by atoms with van der Waals surface area (Å²) in [6.45, 7) is 7.70. The number of halogens is 1. The average Bonchev–Trinajstić information content (AvgIpc) is 3.42. The van der Waals surface area contributed by atoms with Crippen LogP contribution in [0.25, 0.3) is 16.7 Å². The fourth-order valence-electron chi connectivity index (χ4n) is 5.18. The molecule has 4 heterocycles. The number of hydrogen-bond acceptors (Lipinski definition) is 5. The van der Waals surface area contributed by atoms with Crippen molar-refractivity contribution in [3.63, 3.8) is 0 Å². The third-order valence-corrected chi connectivity index (χ3v) is 7.11. The Bertz CT molecular complexity index is 1150. The minimum Gasteiger partial charge on any atom is -0.396 e. The molecule has 0 amide bonds. The first-order valence-corrected chi connectivity index (χ1v) is 10.8. The Labute approximate surface area is 188 Å². The summed E-state index contributed by atoms with van der Waals surface area (Å²) < 4.78 is 7.87. The number of fused-ring (bicyclic) bond motifs is 3. The number of aliphatic hydroxyl groups excluding tert-OH is 1. The second kappa shape index (κ2) is 8.31. The van der Waals surface area contributed by atoms with Crippen molar-refractivity contribution < 1.29 is 9.84 Å². The predicted octanol–water partition coefficient (Wildman–Crippen LogP) is 4.19. The number of aromatic nitrogens is 2. The quantitative estimate of drug-likeness (QED) is 0.660. The zero-order valence-corrected chi connectivity index (χ0v) is 18.9. The van der Waals surface area contributed by atoms with Gasteiger partial charge in [-0.1, -0.05) is 19.1 Å². The number of anilines is 1. The summed E-state index contributed by atoms with van der Waals surface area (Å²) in [4.78, 5) is 7.32. The van der Waals surface area contributed by atoms with Crippen molar-refractivity contribution in [3.8, 4) is 6.07 Å². The van der Waals surface area contributed by atoms with Crippen LogP contribution in [0.1, 0.15) is 48.8 Å². The molecule has 3 aromatic rings. The fourth-order valence-corrected chi connectivity index (χ4v) is 5.18. The van der Waals surface area contributed by atoms with Crippen molar-refractivity contribution in [2.24, 2.45) is 5.41 Å². The first-order chi connectivity index (χ1) is 14.6. The molecule has 5 rings (SSSR count). The Kier molecular flexibility index (Phi) is 5.87. The van der Waals surface area contributed by atoms with Crippen LogP contribution >= 0.6 is 12.4 Å². The summed E-state index contributed by atoms with van der Waals surface area (Å²) in [6.07, 6.45) is 2.83. The summed E-state index contributed by atoms with van der Waals surface area (Å²) in [5.41, 5.74) is 5.61. The standard InChI is InChI=1S/C24H28N4O2.ClH/c1-16-21(17-7-12-30-14-17)18(13-25)22-26-19-5-3-4-6-20(19)28(22)23(16)27-10-8-24(2,15-29)9-11-27;/h3-6,17,29H,7-12,14-15H2,1-2H3;1H. The molecule has 1 aromatic carbocycles. The minimum atomic E-state index is -0.0186. The van der Waals surface area contributed by atoms with E-state index in [2.05, 4.69) is 35.3 Å². The largest absolute Gasteiger partial charge is 0.396 e. The third kappa shape index (κ3) is 3.45. The van der Waals surface area contributed by atoms with Crippen molar-refractivity contribution in [1.29, 1.82) is 5.26 Å². The fraction of sp³-hybridized carbons (Fsp3) is 0.500. The SMILES string of the molecule is Cc1c(C2CCOC2)c(C#N)c2nc3ccccc3n2c1N1CCC(C)(CO)CC1.Cl. The van der Waals surface area contributed by atoms with Crippen LogP contribution in [0, 0.1) is 23.7 Å². The Balaban J connectivity index is 0.00000231. The summed E-state index contributed by atoms with van der Waals surface area (Å²) in [7, 11) is 0. The zero-order valence-electron chi connectivity index (χ0n) is 18.1. The number of piperidine rings is 1. The molecule has 0 saturated carbocycles.